The van der Waals surface area contributed by atoms with Crippen LogP contribution < -0.4 is 0 Å². The van der Waals surface area contributed by atoms with Gasteiger partial charge in [-0.2, -0.15) is 5.10 Å². The lowest BCUT2D eigenvalue weighted by molar-refractivity contribution is 0.460. The number of nitrogens with zero attached hydrogens (tertiary/aromatic N) is 2. The highest BCUT2D eigenvalue weighted by Gasteiger charge is 2.16. The Morgan fingerprint density at radius 2 is 1.84 bits per heavy atom. The van der Waals surface area contributed by atoms with Gasteiger partial charge in [-0.25, -0.2) is 4.68 Å². The van der Waals surface area contributed by atoms with E-state index >= 15 is 0 Å². The number of aryl methyl sites for hydroxylation is 2. The van der Waals surface area contributed by atoms with Crippen LogP contribution in [0.4, 0.5) is 0 Å². The minimum atomic E-state index is 0.372. The van der Waals surface area contributed by atoms with Crippen molar-refractivity contribution in [3.63, 3.8) is 0 Å². The molecule has 2 rings (SSSR count). The molecule has 102 valence electrons. The summed E-state index contributed by atoms with van der Waals surface area (Å²) in [5.41, 5.74) is 3.96. The number of hydrogen-bond acceptors (Lipinski definition) is 2. The van der Waals surface area contributed by atoms with Crippen molar-refractivity contribution in [2.75, 3.05) is 0 Å². The van der Waals surface area contributed by atoms with Crippen LogP contribution >= 0.6 is 0 Å². The summed E-state index contributed by atoms with van der Waals surface area (Å²) < 4.78 is 1.87. The van der Waals surface area contributed by atoms with Gasteiger partial charge in [-0.1, -0.05) is 38.0 Å². The Morgan fingerprint density at radius 3 is 2.42 bits per heavy atom. The molecule has 2 aromatic rings. The third-order valence-corrected chi connectivity index (χ3v) is 3.40. The molecule has 0 aliphatic carbocycles. The van der Waals surface area contributed by atoms with E-state index in [0.29, 0.717) is 5.75 Å². The fourth-order valence-corrected chi connectivity index (χ4v) is 2.22. The molecule has 0 saturated carbocycles. The summed E-state index contributed by atoms with van der Waals surface area (Å²) in [5.74, 6) is 0.372. The van der Waals surface area contributed by atoms with Crippen molar-refractivity contribution in [3.8, 4) is 11.4 Å². The second-order valence-electron chi connectivity index (χ2n) is 4.95. The maximum atomic E-state index is 10.3. The number of hydrogen-bond donors (Lipinski definition) is 1. The molecule has 0 radical (unpaired) electrons. The summed E-state index contributed by atoms with van der Waals surface area (Å²) in [6, 6.07) is 8.23. The lowest BCUT2D eigenvalue weighted by atomic mass is 10.1. The largest absolute Gasteiger partial charge is 0.504 e. The minimum absolute atomic E-state index is 0.372. The van der Waals surface area contributed by atoms with Gasteiger partial charge in [0.05, 0.1) is 11.4 Å². The zero-order chi connectivity index (χ0) is 13.8. The van der Waals surface area contributed by atoms with Crippen LogP contribution in [0, 0.1) is 6.92 Å². The molecule has 0 fully saturated rings. The van der Waals surface area contributed by atoms with Crippen LogP contribution in [-0.2, 0) is 12.8 Å². The normalized spacial score (nSPS) is 10.9. The lowest BCUT2D eigenvalue weighted by Gasteiger charge is -2.05. The maximum absolute atomic E-state index is 10.3. The van der Waals surface area contributed by atoms with Crippen LogP contribution in [0.5, 0.6) is 5.75 Å². The summed E-state index contributed by atoms with van der Waals surface area (Å²) in [6.07, 6.45) is 3.78. The summed E-state index contributed by atoms with van der Waals surface area (Å²) in [6.45, 7) is 6.26. The SMILES string of the molecule is CCCCc1nn(-c2ccc(C)cc2)c(CC)c1O. The molecule has 0 atom stereocenters. The first-order valence-corrected chi connectivity index (χ1v) is 7.04. The van der Waals surface area contributed by atoms with Crippen molar-refractivity contribution < 1.29 is 5.11 Å². The molecule has 1 N–H and O–H groups in total. The van der Waals surface area contributed by atoms with Gasteiger partial charge in [0.25, 0.3) is 0 Å². The van der Waals surface area contributed by atoms with Crippen molar-refractivity contribution in [2.24, 2.45) is 0 Å². The topological polar surface area (TPSA) is 38.0 Å². The molecule has 1 heterocycles. The maximum Gasteiger partial charge on any atom is 0.160 e. The number of benzene rings is 1. The van der Waals surface area contributed by atoms with E-state index in [9.17, 15) is 5.11 Å². The van der Waals surface area contributed by atoms with Gasteiger partial charge in [0.2, 0.25) is 0 Å². The molecular weight excluding hydrogens is 236 g/mol. The first kappa shape index (κ1) is 13.7. The van der Waals surface area contributed by atoms with Gasteiger partial charge in [0.1, 0.15) is 5.69 Å². The molecular formula is C16H22N2O. The van der Waals surface area contributed by atoms with Crippen LogP contribution in [0.25, 0.3) is 5.69 Å². The van der Waals surface area contributed by atoms with E-state index in [1.54, 1.807) is 0 Å². The number of aromatic hydroxyl groups is 1. The zero-order valence-corrected chi connectivity index (χ0v) is 12.0. The van der Waals surface area contributed by atoms with Crippen molar-refractivity contribution in [2.45, 2.75) is 46.5 Å². The summed E-state index contributed by atoms with van der Waals surface area (Å²) in [4.78, 5) is 0. The molecule has 0 spiro atoms. The van der Waals surface area contributed by atoms with Crippen LogP contribution in [-0.4, -0.2) is 14.9 Å². The second kappa shape index (κ2) is 5.91. The summed E-state index contributed by atoms with van der Waals surface area (Å²) >= 11 is 0. The Balaban J connectivity index is 2.41. The highest BCUT2D eigenvalue weighted by atomic mass is 16.3. The van der Waals surface area contributed by atoms with Crippen molar-refractivity contribution >= 4 is 0 Å². The number of rotatable bonds is 5. The smallest absolute Gasteiger partial charge is 0.160 e. The van der Waals surface area contributed by atoms with Crippen LogP contribution in [0.2, 0.25) is 0 Å². The van der Waals surface area contributed by atoms with Gasteiger partial charge in [-0.15, -0.1) is 0 Å². The van der Waals surface area contributed by atoms with E-state index in [1.807, 2.05) is 23.7 Å². The summed E-state index contributed by atoms with van der Waals surface area (Å²) in [7, 11) is 0. The highest BCUT2D eigenvalue weighted by molar-refractivity contribution is 5.41. The number of unbranched alkanes of at least 4 members (excludes halogenated alkanes) is 1. The predicted molar refractivity (Wildman–Crippen MR) is 78.0 cm³/mol. The standard InChI is InChI=1S/C16H22N2O/c1-4-6-7-14-16(19)15(5-2)18(17-14)13-10-8-12(3)9-11-13/h8-11,19H,4-7H2,1-3H3. The molecule has 3 nitrogen and oxygen atoms in total. The lowest BCUT2D eigenvalue weighted by Crippen LogP contribution is -2.01. The van der Waals surface area contributed by atoms with Crippen molar-refractivity contribution in [1.29, 1.82) is 0 Å². The van der Waals surface area contributed by atoms with Gasteiger partial charge in [-0.05, 0) is 38.3 Å². The van der Waals surface area contributed by atoms with E-state index in [4.69, 9.17) is 0 Å². The van der Waals surface area contributed by atoms with Gasteiger partial charge in [0, 0.05) is 0 Å². The minimum Gasteiger partial charge on any atom is -0.504 e. The second-order valence-corrected chi connectivity index (χ2v) is 4.95. The zero-order valence-electron chi connectivity index (χ0n) is 12.0. The van der Waals surface area contributed by atoms with E-state index in [-0.39, 0.29) is 0 Å². The highest BCUT2D eigenvalue weighted by Crippen LogP contribution is 2.27. The quantitative estimate of drug-likeness (QED) is 0.886. The van der Waals surface area contributed by atoms with Crippen LogP contribution in [0.3, 0.4) is 0 Å². The average molecular weight is 258 g/mol. The van der Waals surface area contributed by atoms with E-state index in [2.05, 4.69) is 31.1 Å². The molecule has 0 aliphatic heterocycles. The van der Waals surface area contributed by atoms with Crippen molar-refractivity contribution in [1.82, 2.24) is 9.78 Å². The first-order chi connectivity index (χ1) is 9.17. The Hall–Kier alpha value is -1.77. The fourth-order valence-electron chi connectivity index (χ4n) is 2.22. The fraction of sp³-hybridized carbons (Fsp3) is 0.438. The third kappa shape index (κ3) is 2.80. The molecule has 0 unspecified atom stereocenters. The third-order valence-electron chi connectivity index (χ3n) is 3.40. The molecule has 1 aromatic heterocycles. The molecule has 0 bridgehead atoms. The van der Waals surface area contributed by atoms with Gasteiger partial charge < -0.3 is 5.11 Å². The Kier molecular flexibility index (Phi) is 4.25. The van der Waals surface area contributed by atoms with Gasteiger partial charge in [-0.3, -0.25) is 0 Å². The Bertz CT molecular complexity index is 541. The molecule has 19 heavy (non-hydrogen) atoms. The monoisotopic (exact) mass is 258 g/mol. The molecule has 0 amide bonds. The van der Waals surface area contributed by atoms with Crippen molar-refractivity contribution in [3.05, 3.63) is 41.2 Å². The first-order valence-electron chi connectivity index (χ1n) is 7.04. The Labute approximate surface area is 114 Å². The van der Waals surface area contributed by atoms with Crippen LogP contribution in [0.1, 0.15) is 43.6 Å². The molecule has 1 aromatic carbocycles. The Morgan fingerprint density at radius 1 is 1.16 bits per heavy atom. The average Bonchev–Trinajstić information content (AvgIpc) is 2.73. The van der Waals surface area contributed by atoms with Gasteiger partial charge >= 0.3 is 0 Å². The molecule has 0 saturated heterocycles. The van der Waals surface area contributed by atoms with E-state index in [0.717, 1.165) is 42.8 Å². The van der Waals surface area contributed by atoms with E-state index in [1.165, 1.54) is 5.56 Å². The molecule has 0 aliphatic rings. The molecule has 3 heteroatoms. The summed E-state index contributed by atoms with van der Waals surface area (Å²) in [5, 5.41) is 14.9. The van der Waals surface area contributed by atoms with Crippen LogP contribution in [0.15, 0.2) is 24.3 Å². The predicted octanol–water partition coefficient (Wildman–Crippen LogP) is 3.79. The number of aromatic nitrogens is 2. The van der Waals surface area contributed by atoms with Gasteiger partial charge in [0.15, 0.2) is 5.75 Å². The van der Waals surface area contributed by atoms with E-state index < -0.39 is 0 Å².